The molecule has 2 unspecified atom stereocenters. The Hall–Kier alpha value is -1.24. The molecule has 0 spiro atoms. The van der Waals surface area contributed by atoms with E-state index in [-0.39, 0.29) is 18.2 Å². The van der Waals surface area contributed by atoms with Crippen LogP contribution in [0.3, 0.4) is 0 Å². The number of aromatic nitrogens is 2. The highest BCUT2D eigenvalue weighted by Crippen LogP contribution is 2.29. The zero-order valence-corrected chi connectivity index (χ0v) is 14.9. The van der Waals surface area contributed by atoms with Gasteiger partial charge in [0.15, 0.2) is 0 Å². The molecule has 0 radical (unpaired) electrons. The van der Waals surface area contributed by atoms with E-state index in [4.69, 9.17) is 10.1 Å². The highest BCUT2D eigenvalue weighted by atomic mass is 32.1. The summed E-state index contributed by atoms with van der Waals surface area (Å²) in [6.45, 7) is 8.37. The van der Waals surface area contributed by atoms with Crippen LogP contribution in [0.4, 0.5) is 0 Å². The van der Waals surface area contributed by atoms with E-state index < -0.39 is 0 Å². The van der Waals surface area contributed by atoms with E-state index in [0.717, 1.165) is 52.4 Å². The lowest BCUT2D eigenvalue weighted by Crippen LogP contribution is -2.38. The van der Waals surface area contributed by atoms with E-state index in [1.54, 1.807) is 11.3 Å². The molecule has 0 saturated carbocycles. The molecule has 1 aliphatic rings. The average molecular weight is 335 g/mol. The molecule has 1 aliphatic heterocycles. The van der Waals surface area contributed by atoms with Crippen molar-refractivity contribution in [3.63, 3.8) is 0 Å². The molecular weight excluding hydrogens is 310 g/mol. The zero-order chi connectivity index (χ0) is 16.6. The van der Waals surface area contributed by atoms with Crippen LogP contribution in [0.2, 0.25) is 0 Å². The second-order valence-corrected chi connectivity index (χ2v) is 7.81. The first-order valence-corrected chi connectivity index (χ1v) is 9.17. The SMILES string of the molecule is Cc1sc2nc(C(C)N3CCCC(CCO)C3)[nH]c(=O)c2c1C. The van der Waals surface area contributed by atoms with Crippen LogP contribution < -0.4 is 5.56 Å². The molecule has 2 N–H and O–H groups in total. The predicted molar refractivity (Wildman–Crippen MR) is 94.1 cm³/mol. The Balaban J connectivity index is 1.89. The van der Waals surface area contributed by atoms with Crippen LogP contribution in [0, 0.1) is 19.8 Å². The molecule has 0 aromatic carbocycles. The van der Waals surface area contributed by atoms with Crippen LogP contribution >= 0.6 is 11.3 Å². The molecule has 6 heteroatoms. The second kappa shape index (κ2) is 6.71. The maximum absolute atomic E-state index is 12.4. The van der Waals surface area contributed by atoms with Crippen LogP contribution in [-0.2, 0) is 0 Å². The maximum Gasteiger partial charge on any atom is 0.259 e. The summed E-state index contributed by atoms with van der Waals surface area (Å²) < 4.78 is 0. The predicted octanol–water partition coefficient (Wildman–Crippen LogP) is 2.76. The summed E-state index contributed by atoms with van der Waals surface area (Å²) >= 11 is 1.60. The van der Waals surface area contributed by atoms with Gasteiger partial charge in [0, 0.05) is 18.0 Å². The number of hydrogen-bond donors (Lipinski definition) is 2. The van der Waals surface area contributed by atoms with Crippen molar-refractivity contribution < 1.29 is 5.11 Å². The minimum absolute atomic E-state index is 0.0254. The van der Waals surface area contributed by atoms with Crippen molar-refractivity contribution in [1.82, 2.24) is 14.9 Å². The molecule has 3 heterocycles. The summed E-state index contributed by atoms with van der Waals surface area (Å²) in [5.41, 5.74) is 1.02. The van der Waals surface area contributed by atoms with E-state index in [1.165, 1.54) is 6.42 Å². The van der Waals surface area contributed by atoms with Crippen molar-refractivity contribution in [2.45, 2.75) is 46.1 Å². The van der Waals surface area contributed by atoms with Gasteiger partial charge >= 0.3 is 0 Å². The number of aliphatic hydroxyl groups is 1. The summed E-state index contributed by atoms with van der Waals surface area (Å²) in [6.07, 6.45) is 3.17. The minimum atomic E-state index is -0.0254. The molecule has 0 bridgehead atoms. The number of aryl methyl sites for hydroxylation is 2. The number of aromatic amines is 1. The second-order valence-electron chi connectivity index (χ2n) is 6.61. The number of fused-ring (bicyclic) bond motifs is 1. The van der Waals surface area contributed by atoms with Crippen LogP contribution in [0.25, 0.3) is 10.2 Å². The van der Waals surface area contributed by atoms with Gasteiger partial charge in [0.05, 0.1) is 11.4 Å². The average Bonchev–Trinajstić information content (AvgIpc) is 2.82. The van der Waals surface area contributed by atoms with E-state index in [1.807, 2.05) is 13.8 Å². The summed E-state index contributed by atoms with van der Waals surface area (Å²) in [4.78, 5) is 24.6. The summed E-state index contributed by atoms with van der Waals surface area (Å²) in [5, 5.41) is 9.90. The van der Waals surface area contributed by atoms with Crippen molar-refractivity contribution in [3.05, 3.63) is 26.6 Å². The number of nitrogens with one attached hydrogen (secondary N) is 1. The van der Waals surface area contributed by atoms with E-state index in [0.29, 0.717) is 5.92 Å². The number of nitrogens with zero attached hydrogens (tertiary/aromatic N) is 2. The number of aliphatic hydroxyl groups excluding tert-OH is 1. The Labute approximate surface area is 140 Å². The third kappa shape index (κ3) is 3.20. The summed E-state index contributed by atoms with van der Waals surface area (Å²) in [7, 11) is 0. The molecule has 0 amide bonds. The molecule has 126 valence electrons. The minimum Gasteiger partial charge on any atom is -0.396 e. The fourth-order valence-electron chi connectivity index (χ4n) is 3.51. The first-order valence-electron chi connectivity index (χ1n) is 8.36. The lowest BCUT2D eigenvalue weighted by Gasteiger charge is -2.36. The van der Waals surface area contributed by atoms with Gasteiger partial charge in [0.2, 0.25) is 0 Å². The standard InChI is InChI=1S/C17H25N3O2S/c1-10-12(3)23-17-14(10)16(22)18-15(19-17)11(2)20-7-4-5-13(9-20)6-8-21/h11,13,21H,4-9H2,1-3H3,(H,18,19,22). The molecule has 1 fully saturated rings. The lowest BCUT2D eigenvalue weighted by molar-refractivity contribution is 0.111. The third-order valence-corrected chi connectivity index (χ3v) is 6.19. The quantitative estimate of drug-likeness (QED) is 0.901. The first-order chi connectivity index (χ1) is 11.0. The first kappa shape index (κ1) is 16.6. The number of thiophene rings is 1. The molecule has 0 aliphatic carbocycles. The summed E-state index contributed by atoms with van der Waals surface area (Å²) in [5.74, 6) is 1.30. The molecular formula is C17H25N3O2S. The fraction of sp³-hybridized carbons (Fsp3) is 0.647. The molecule has 5 nitrogen and oxygen atoms in total. The largest absolute Gasteiger partial charge is 0.396 e. The van der Waals surface area contributed by atoms with Crippen molar-refractivity contribution in [1.29, 1.82) is 0 Å². The Bertz CT molecular complexity index is 750. The van der Waals surface area contributed by atoms with Crippen molar-refractivity contribution in [2.75, 3.05) is 19.7 Å². The number of H-pyrrole nitrogens is 1. The maximum atomic E-state index is 12.4. The van der Waals surface area contributed by atoms with E-state index >= 15 is 0 Å². The molecule has 3 rings (SSSR count). The third-order valence-electron chi connectivity index (χ3n) is 5.09. The number of piperidine rings is 1. The van der Waals surface area contributed by atoms with Gasteiger partial charge < -0.3 is 10.1 Å². The molecule has 23 heavy (non-hydrogen) atoms. The normalized spacial score (nSPS) is 21.0. The monoisotopic (exact) mass is 335 g/mol. The topological polar surface area (TPSA) is 69.2 Å². The van der Waals surface area contributed by atoms with Gasteiger partial charge in [0.1, 0.15) is 10.7 Å². The van der Waals surface area contributed by atoms with Gasteiger partial charge in [-0.1, -0.05) is 0 Å². The molecule has 2 aromatic rings. The number of hydrogen-bond acceptors (Lipinski definition) is 5. The number of likely N-dealkylation sites (tertiary alicyclic amines) is 1. The van der Waals surface area contributed by atoms with Crippen LogP contribution in [0.1, 0.15) is 48.5 Å². The Morgan fingerprint density at radius 3 is 3.00 bits per heavy atom. The van der Waals surface area contributed by atoms with Crippen LogP contribution in [-0.4, -0.2) is 39.7 Å². The summed E-state index contributed by atoms with van der Waals surface area (Å²) in [6, 6.07) is 0.0938. The Morgan fingerprint density at radius 1 is 1.48 bits per heavy atom. The number of rotatable bonds is 4. The van der Waals surface area contributed by atoms with E-state index in [2.05, 4.69) is 16.8 Å². The highest BCUT2D eigenvalue weighted by Gasteiger charge is 2.26. The Kier molecular flexibility index (Phi) is 4.85. The van der Waals surface area contributed by atoms with Gasteiger partial charge in [-0.15, -0.1) is 11.3 Å². The van der Waals surface area contributed by atoms with Crippen molar-refractivity contribution in [3.8, 4) is 0 Å². The van der Waals surface area contributed by atoms with Gasteiger partial charge in [-0.2, -0.15) is 0 Å². The fourth-order valence-corrected chi connectivity index (χ4v) is 4.55. The molecule has 1 saturated heterocycles. The van der Waals surface area contributed by atoms with Gasteiger partial charge in [0.25, 0.3) is 5.56 Å². The van der Waals surface area contributed by atoms with E-state index in [9.17, 15) is 4.79 Å². The highest BCUT2D eigenvalue weighted by molar-refractivity contribution is 7.18. The van der Waals surface area contributed by atoms with Crippen molar-refractivity contribution >= 4 is 21.6 Å². The van der Waals surface area contributed by atoms with Crippen LogP contribution in [0.5, 0.6) is 0 Å². The lowest BCUT2D eigenvalue weighted by atomic mass is 9.94. The smallest absolute Gasteiger partial charge is 0.259 e. The van der Waals surface area contributed by atoms with Gasteiger partial charge in [-0.05, 0) is 58.1 Å². The van der Waals surface area contributed by atoms with Gasteiger partial charge in [-0.25, -0.2) is 4.98 Å². The molecule has 2 aromatic heterocycles. The van der Waals surface area contributed by atoms with Crippen molar-refractivity contribution in [2.24, 2.45) is 5.92 Å². The zero-order valence-electron chi connectivity index (χ0n) is 14.1. The molecule has 2 atom stereocenters. The Morgan fingerprint density at radius 2 is 2.26 bits per heavy atom. The van der Waals surface area contributed by atoms with Crippen LogP contribution in [0.15, 0.2) is 4.79 Å². The van der Waals surface area contributed by atoms with Gasteiger partial charge in [-0.3, -0.25) is 9.69 Å².